The van der Waals surface area contributed by atoms with Gasteiger partial charge in [-0.15, -0.1) is 0 Å². The summed E-state index contributed by atoms with van der Waals surface area (Å²) in [6, 6.07) is 9.32. The van der Waals surface area contributed by atoms with Gasteiger partial charge in [0, 0.05) is 17.8 Å². The van der Waals surface area contributed by atoms with Gasteiger partial charge in [0.1, 0.15) is 5.75 Å². The van der Waals surface area contributed by atoms with Crippen molar-refractivity contribution in [3.05, 3.63) is 57.6 Å². The molecule has 26 heavy (non-hydrogen) atoms. The van der Waals surface area contributed by atoms with E-state index >= 15 is 0 Å². The van der Waals surface area contributed by atoms with Crippen LogP contribution < -0.4 is 14.8 Å². The number of nitro groups is 1. The van der Waals surface area contributed by atoms with Gasteiger partial charge in [-0.3, -0.25) is 19.7 Å². The van der Waals surface area contributed by atoms with Crippen LogP contribution >= 0.6 is 0 Å². The van der Waals surface area contributed by atoms with Gasteiger partial charge in [0.2, 0.25) is 0 Å². The van der Waals surface area contributed by atoms with Gasteiger partial charge in [0.05, 0.1) is 17.6 Å². The maximum atomic E-state index is 12.1. The van der Waals surface area contributed by atoms with Gasteiger partial charge < -0.3 is 14.8 Å². The number of para-hydroxylation sites is 1. The zero-order chi connectivity index (χ0) is 19.3. The number of carbonyl (C=O) groups excluding carboxylic acids is 2. The lowest BCUT2D eigenvalue weighted by Crippen LogP contribution is -2.21. The molecule has 0 aliphatic carbocycles. The quantitative estimate of drug-likeness (QED) is 0.463. The molecule has 0 aliphatic heterocycles. The number of nitro benzene ring substituents is 1. The molecule has 0 heterocycles. The van der Waals surface area contributed by atoms with Crippen molar-refractivity contribution in [1.82, 2.24) is 0 Å². The summed E-state index contributed by atoms with van der Waals surface area (Å²) in [6.07, 6.45) is 0. The second-order valence-corrected chi connectivity index (χ2v) is 5.49. The van der Waals surface area contributed by atoms with Crippen molar-refractivity contribution in [3.63, 3.8) is 0 Å². The van der Waals surface area contributed by atoms with Gasteiger partial charge in [-0.1, -0.05) is 12.1 Å². The molecule has 8 heteroatoms. The van der Waals surface area contributed by atoms with Crippen molar-refractivity contribution in [3.8, 4) is 11.5 Å². The van der Waals surface area contributed by atoms with Gasteiger partial charge in [-0.05, 0) is 31.5 Å². The standard InChI is InChI=1S/C18H18N2O6/c1-11-8-15(20(23)24)17(25-3)9-14(11)19-18(22)10-26-16-7-5-4-6-13(16)12(2)21/h4-9H,10H2,1-3H3,(H,19,22). The number of methoxy groups -OCH3 is 1. The summed E-state index contributed by atoms with van der Waals surface area (Å²) >= 11 is 0. The topological polar surface area (TPSA) is 108 Å². The van der Waals surface area contributed by atoms with Crippen molar-refractivity contribution in [2.75, 3.05) is 19.0 Å². The minimum atomic E-state index is -0.556. The van der Waals surface area contributed by atoms with E-state index in [-0.39, 0.29) is 23.8 Å². The summed E-state index contributed by atoms with van der Waals surface area (Å²) in [5.74, 6) is -0.286. The molecule has 0 bridgehead atoms. The Hall–Kier alpha value is -3.42. The molecule has 0 spiro atoms. The molecular formula is C18H18N2O6. The molecule has 1 amide bonds. The van der Waals surface area contributed by atoms with Crippen LogP contribution in [0.25, 0.3) is 0 Å². The highest BCUT2D eigenvalue weighted by Gasteiger charge is 2.18. The van der Waals surface area contributed by atoms with E-state index < -0.39 is 10.8 Å². The highest BCUT2D eigenvalue weighted by Crippen LogP contribution is 2.32. The SMILES string of the molecule is COc1cc(NC(=O)COc2ccccc2C(C)=O)c(C)cc1[N+](=O)[O-]. The fraction of sp³-hybridized carbons (Fsp3) is 0.222. The van der Waals surface area contributed by atoms with E-state index in [0.29, 0.717) is 22.6 Å². The van der Waals surface area contributed by atoms with Crippen molar-refractivity contribution >= 4 is 23.1 Å². The number of benzene rings is 2. The number of hydrogen-bond donors (Lipinski definition) is 1. The van der Waals surface area contributed by atoms with E-state index in [9.17, 15) is 19.7 Å². The van der Waals surface area contributed by atoms with E-state index in [0.717, 1.165) is 0 Å². The molecule has 0 unspecified atom stereocenters. The van der Waals surface area contributed by atoms with E-state index in [1.54, 1.807) is 31.2 Å². The number of ether oxygens (including phenoxy) is 2. The fourth-order valence-electron chi connectivity index (χ4n) is 2.33. The van der Waals surface area contributed by atoms with Crippen LogP contribution in [-0.2, 0) is 4.79 Å². The van der Waals surface area contributed by atoms with Crippen LogP contribution in [0.3, 0.4) is 0 Å². The third kappa shape index (κ3) is 4.35. The molecule has 2 aromatic rings. The third-order valence-electron chi connectivity index (χ3n) is 3.62. The van der Waals surface area contributed by atoms with E-state index in [4.69, 9.17) is 9.47 Å². The van der Waals surface area contributed by atoms with Crippen LogP contribution in [0.2, 0.25) is 0 Å². The summed E-state index contributed by atoms with van der Waals surface area (Å²) < 4.78 is 10.4. The fourth-order valence-corrected chi connectivity index (χ4v) is 2.33. The lowest BCUT2D eigenvalue weighted by molar-refractivity contribution is -0.385. The number of anilines is 1. The predicted molar refractivity (Wildman–Crippen MR) is 95.0 cm³/mol. The molecular weight excluding hydrogens is 340 g/mol. The molecule has 2 aromatic carbocycles. The first-order chi connectivity index (χ1) is 12.3. The van der Waals surface area contributed by atoms with Crippen LogP contribution in [0.1, 0.15) is 22.8 Å². The summed E-state index contributed by atoms with van der Waals surface area (Å²) in [6.45, 7) is 2.73. The molecule has 0 atom stereocenters. The lowest BCUT2D eigenvalue weighted by atomic mass is 10.1. The summed E-state index contributed by atoms with van der Waals surface area (Å²) in [4.78, 5) is 34.1. The van der Waals surface area contributed by atoms with E-state index in [1.165, 1.54) is 26.2 Å². The predicted octanol–water partition coefficient (Wildman–Crippen LogP) is 3.13. The molecule has 0 radical (unpaired) electrons. The van der Waals surface area contributed by atoms with Gasteiger partial charge in [-0.25, -0.2) is 0 Å². The minimum Gasteiger partial charge on any atom is -0.490 e. The maximum absolute atomic E-state index is 12.1. The Balaban J connectivity index is 2.11. The molecule has 0 saturated carbocycles. The van der Waals surface area contributed by atoms with Gasteiger partial charge >= 0.3 is 5.69 Å². The summed E-state index contributed by atoms with van der Waals surface area (Å²) in [5, 5.41) is 13.6. The largest absolute Gasteiger partial charge is 0.490 e. The molecule has 1 N–H and O–H groups in total. The molecule has 0 aliphatic rings. The Bertz CT molecular complexity index is 863. The first kappa shape index (κ1) is 18.9. The second kappa shape index (κ2) is 8.11. The molecule has 8 nitrogen and oxygen atoms in total. The average molecular weight is 358 g/mol. The Morgan fingerprint density at radius 2 is 1.88 bits per heavy atom. The zero-order valence-corrected chi connectivity index (χ0v) is 14.6. The molecule has 0 fully saturated rings. The number of nitrogens with zero attached hydrogens (tertiary/aromatic N) is 1. The molecule has 0 aromatic heterocycles. The van der Waals surface area contributed by atoms with E-state index in [2.05, 4.69) is 5.32 Å². The zero-order valence-electron chi connectivity index (χ0n) is 14.6. The molecule has 136 valence electrons. The first-order valence-electron chi connectivity index (χ1n) is 7.69. The number of ketones is 1. The van der Waals surface area contributed by atoms with Crippen LogP contribution in [0, 0.1) is 17.0 Å². The van der Waals surface area contributed by atoms with Crippen LogP contribution in [0.5, 0.6) is 11.5 Å². The van der Waals surface area contributed by atoms with Gasteiger partial charge in [-0.2, -0.15) is 0 Å². The van der Waals surface area contributed by atoms with Crippen molar-refractivity contribution in [2.24, 2.45) is 0 Å². The third-order valence-corrected chi connectivity index (χ3v) is 3.62. The van der Waals surface area contributed by atoms with Crippen LogP contribution in [0.4, 0.5) is 11.4 Å². The smallest absolute Gasteiger partial charge is 0.311 e. The number of nitrogens with one attached hydrogen (secondary N) is 1. The Morgan fingerprint density at radius 3 is 2.50 bits per heavy atom. The Labute approximate surface area is 149 Å². The summed E-state index contributed by atoms with van der Waals surface area (Å²) in [7, 11) is 1.31. The van der Waals surface area contributed by atoms with Gasteiger partial charge in [0.25, 0.3) is 5.91 Å². The monoisotopic (exact) mass is 358 g/mol. The molecule has 0 saturated heterocycles. The Kier molecular flexibility index (Phi) is 5.90. The maximum Gasteiger partial charge on any atom is 0.311 e. The number of hydrogen-bond acceptors (Lipinski definition) is 6. The normalized spacial score (nSPS) is 10.1. The number of carbonyl (C=O) groups is 2. The van der Waals surface area contributed by atoms with Crippen LogP contribution in [-0.4, -0.2) is 30.3 Å². The number of aryl methyl sites for hydroxylation is 1. The highest BCUT2D eigenvalue weighted by molar-refractivity contribution is 5.97. The number of amides is 1. The van der Waals surface area contributed by atoms with E-state index in [1.807, 2.05) is 0 Å². The van der Waals surface area contributed by atoms with Gasteiger partial charge in [0.15, 0.2) is 18.1 Å². The number of Topliss-reactive ketones (excluding diaryl/α,β-unsaturated/α-hetero) is 1. The minimum absolute atomic E-state index is 0.0405. The molecule has 2 rings (SSSR count). The van der Waals surface area contributed by atoms with Crippen molar-refractivity contribution in [2.45, 2.75) is 13.8 Å². The lowest BCUT2D eigenvalue weighted by Gasteiger charge is -2.12. The average Bonchev–Trinajstić information content (AvgIpc) is 2.61. The highest BCUT2D eigenvalue weighted by atomic mass is 16.6. The van der Waals surface area contributed by atoms with Crippen molar-refractivity contribution in [1.29, 1.82) is 0 Å². The first-order valence-corrected chi connectivity index (χ1v) is 7.69. The van der Waals surface area contributed by atoms with Crippen molar-refractivity contribution < 1.29 is 24.0 Å². The van der Waals surface area contributed by atoms with Crippen LogP contribution in [0.15, 0.2) is 36.4 Å². The second-order valence-electron chi connectivity index (χ2n) is 5.49. The summed E-state index contributed by atoms with van der Waals surface area (Å²) in [5.41, 5.74) is 1.08. The Morgan fingerprint density at radius 1 is 1.19 bits per heavy atom. The number of rotatable bonds is 7.